The molecular formula is C14H11F2NO2. The summed E-state index contributed by atoms with van der Waals surface area (Å²) in [5.74, 6) is -1.77. The lowest BCUT2D eigenvalue weighted by molar-refractivity contribution is 0.0600. The molecule has 2 N–H and O–H groups in total. The van der Waals surface area contributed by atoms with Crippen LogP contribution < -0.4 is 5.73 Å². The fourth-order valence-electron chi connectivity index (χ4n) is 1.72. The van der Waals surface area contributed by atoms with Gasteiger partial charge in [0.1, 0.15) is 11.6 Å². The third-order valence-electron chi connectivity index (χ3n) is 2.65. The number of carbonyl (C=O) groups excluding carboxylic acids is 1. The Hall–Kier alpha value is -2.43. The number of esters is 1. The Bertz CT molecular complexity index is 641. The smallest absolute Gasteiger partial charge is 0.337 e. The topological polar surface area (TPSA) is 52.3 Å². The van der Waals surface area contributed by atoms with Crippen LogP contribution in [0.2, 0.25) is 0 Å². The van der Waals surface area contributed by atoms with Crippen molar-refractivity contribution < 1.29 is 18.3 Å². The fraction of sp³-hybridized carbons (Fsp3) is 0.0714. The third kappa shape index (κ3) is 2.70. The molecule has 0 fully saturated rings. The summed E-state index contributed by atoms with van der Waals surface area (Å²) in [6.07, 6.45) is 0. The number of ether oxygens (including phenoxy) is 1. The zero-order chi connectivity index (χ0) is 14.0. The van der Waals surface area contributed by atoms with Gasteiger partial charge in [0.15, 0.2) is 0 Å². The van der Waals surface area contributed by atoms with Crippen molar-refractivity contribution in [1.82, 2.24) is 0 Å². The summed E-state index contributed by atoms with van der Waals surface area (Å²) in [6, 6.07) is 7.79. The molecule has 0 amide bonds. The lowest BCUT2D eigenvalue weighted by Crippen LogP contribution is -2.02. The highest BCUT2D eigenvalue weighted by molar-refractivity contribution is 5.91. The van der Waals surface area contributed by atoms with Gasteiger partial charge in [-0.15, -0.1) is 0 Å². The Morgan fingerprint density at radius 2 is 1.84 bits per heavy atom. The molecule has 0 radical (unpaired) electrons. The molecule has 0 saturated carbocycles. The van der Waals surface area contributed by atoms with E-state index in [0.717, 1.165) is 6.07 Å². The number of rotatable bonds is 2. The number of methoxy groups -OCH3 is 1. The molecule has 2 aromatic carbocycles. The van der Waals surface area contributed by atoms with Crippen molar-refractivity contribution in [2.24, 2.45) is 0 Å². The van der Waals surface area contributed by atoms with Gasteiger partial charge >= 0.3 is 5.97 Å². The molecule has 0 saturated heterocycles. The average Bonchev–Trinajstić information content (AvgIpc) is 2.40. The van der Waals surface area contributed by atoms with Gasteiger partial charge in [-0.05, 0) is 41.5 Å². The van der Waals surface area contributed by atoms with Crippen LogP contribution in [0, 0.1) is 11.6 Å². The average molecular weight is 263 g/mol. The van der Waals surface area contributed by atoms with Crippen LogP contribution >= 0.6 is 0 Å². The standard InChI is InChI=1S/C14H11F2NO2/c1-19-14(18)10-4-9(5-11(15)6-10)8-2-3-12(16)13(17)7-8/h2-7H,17H2,1H3. The minimum atomic E-state index is -0.643. The van der Waals surface area contributed by atoms with Crippen LogP contribution in [0.25, 0.3) is 11.1 Å². The van der Waals surface area contributed by atoms with Crippen molar-refractivity contribution in [3.8, 4) is 11.1 Å². The second-order valence-corrected chi connectivity index (χ2v) is 3.96. The molecule has 5 heteroatoms. The van der Waals surface area contributed by atoms with Crippen LogP contribution in [-0.4, -0.2) is 13.1 Å². The summed E-state index contributed by atoms with van der Waals surface area (Å²) in [4.78, 5) is 11.4. The maximum atomic E-state index is 13.5. The van der Waals surface area contributed by atoms with Crippen molar-refractivity contribution >= 4 is 11.7 Å². The molecule has 0 aliphatic heterocycles. The predicted octanol–water partition coefficient (Wildman–Crippen LogP) is 3.00. The van der Waals surface area contributed by atoms with Crippen LogP contribution in [0.1, 0.15) is 10.4 Å². The molecule has 0 aliphatic carbocycles. The number of anilines is 1. The van der Waals surface area contributed by atoms with Crippen molar-refractivity contribution in [2.45, 2.75) is 0 Å². The van der Waals surface area contributed by atoms with Gasteiger partial charge in [0.2, 0.25) is 0 Å². The third-order valence-corrected chi connectivity index (χ3v) is 2.65. The van der Waals surface area contributed by atoms with Crippen molar-refractivity contribution in [1.29, 1.82) is 0 Å². The molecule has 0 bridgehead atoms. The van der Waals surface area contributed by atoms with E-state index >= 15 is 0 Å². The summed E-state index contributed by atoms with van der Waals surface area (Å²) in [5.41, 5.74) is 6.44. The molecule has 0 unspecified atom stereocenters. The molecule has 0 aromatic heterocycles. The Morgan fingerprint density at radius 3 is 2.47 bits per heavy atom. The van der Waals surface area contributed by atoms with Crippen molar-refractivity contribution in [2.75, 3.05) is 12.8 Å². The number of hydrogen-bond donors (Lipinski definition) is 1. The van der Waals surface area contributed by atoms with E-state index < -0.39 is 17.6 Å². The number of nitrogens with two attached hydrogens (primary N) is 1. The van der Waals surface area contributed by atoms with Crippen molar-refractivity contribution in [3.05, 3.63) is 53.6 Å². The zero-order valence-corrected chi connectivity index (χ0v) is 10.1. The molecular weight excluding hydrogens is 252 g/mol. The summed E-state index contributed by atoms with van der Waals surface area (Å²) >= 11 is 0. The van der Waals surface area contributed by atoms with Gasteiger partial charge in [0.05, 0.1) is 18.4 Å². The molecule has 0 heterocycles. The van der Waals surface area contributed by atoms with Gasteiger partial charge in [0, 0.05) is 0 Å². The van der Waals surface area contributed by atoms with Crippen molar-refractivity contribution in [3.63, 3.8) is 0 Å². The molecule has 0 atom stereocenters. The van der Waals surface area contributed by atoms with E-state index in [2.05, 4.69) is 4.74 Å². The lowest BCUT2D eigenvalue weighted by atomic mass is 10.0. The fourth-order valence-corrected chi connectivity index (χ4v) is 1.72. The highest BCUT2D eigenvalue weighted by atomic mass is 19.1. The Balaban J connectivity index is 2.52. The highest BCUT2D eigenvalue weighted by Crippen LogP contribution is 2.25. The molecule has 98 valence electrons. The normalized spacial score (nSPS) is 10.3. The highest BCUT2D eigenvalue weighted by Gasteiger charge is 2.11. The Morgan fingerprint density at radius 1 is 1.11 bits per heavy atom. The van der Waals surface area contributed by atoms with E-state index in [1.807, 2.05) is 0 Å². The second-order valence-electron chi connectivity index (χ2n) is 3.96. The van der Waals surface area contributed by atoms with Crippen LogP contribution in [-0.2, 0) is 4.74 Å². The van der Waals surface area contributed by atoms with E-state index in [4.69, 9.17) is 5.73 Å². The number of halogens is 2. The number of carbonyl (C=O) groups is 1. The molecule has 0 aliphatic rings. The second kappa shape index (κ2) is 5.06. The van der Waals surface area contributed by atoms with Gasteiger partial charge in [-0.1, -0.05) is 6.07 Å². The summed E-state index contributed by atoms with van der Waals surface area (Å²) in [6.45, 7) is 0. The van der Waals surface area contributed by atoms with Gasteiger partial charge in [0.25, 0.3) is 0 Å². The SMILES string of the molecule is COC(=O)c1cc(F)cc(-c2ccc(F)c(N)c2)c1. The van der Waals surface area contributed by atoms with E-state index in [0.29, 0.717) is 11.1 Å². The maximum Gasteiger partial charge on any atom is 0.337 e. The van der Waals surface area contributed by atoms with Gasteiger partial charge in [-0.25, -0.2) is 13.6 Å². The van der Waals surface area contributed by atoms with E-state index in [9.17, 15) is 13.6 Å². The van der Waals surface area contributed by atoms with E-state index in [-0.39, 0.29) is 11.3 Å². The monoisotopic (exact) mass is 263 g/mol. The minimum absolute atomic E-state index is 0.0404. The molecule has 0 spiro atoms. The molecule has 2 rings (SSSR count). The van der Waals surface area contributed by atoms with Crippen LogP contribution in [0.15, 0.2) is 36.4 Å². The number of benzene rings is 2. The van der Waals surface area contributed by atoms with Gasteiger partial charge in [-0.3, -0.25) is 0 Å². The van der Waals surface area contributed by atoms with Gasteiger partial charge < -0.3 is 10.5 Å². The molecule has 19 heavy (non-hydrogen) atoms. The minimum Gasteiger partial charge on any atom is -0.465 e. The van der Waals surface area contributed by atoms with E-state index in [1.165, 1.54) is 37.4 Å². The maximum absolute atomic E-state index is 13.5. The van der Waals surface area contributed by atoms with Crippen LogP contribution in [0.5, 0.6) is 0 Å². The first-order chi connectivity index (χ1) is 9.01. The quantitative estimate of drug-likeness (QED) is 0.669. The summed E-state index contributed by atoms with van der Waals surface area (Å²) in [5, 5.41) is 0. The number of nitrogen functional groups attached to an aromatic ring is 1. The first kappa shape index (κ1) is 13.0. The molecule has 3 nitrogen and oxygen atoms in total. The Kier molecular flexibility index (Phi) is 3.46. The molecule has 2 aromatic rings. The Labute approximate surface area is 108 Å². The summed E-state index contributed by atoms with van der Waals surface area (Å²) in [7, 11) is 1.21. The van der Waals surface area contributed by atoms with Crippen LogP contribution in [0.4, 0.5) is 14.5 Å². The predicted molar refractivity (Wildman–Crippen MR) is 67.5 cm³/mol. The first-order valence-corrected chi connectivity index (χ1v) is 5.45. The lowest BCUT2D eigenvalue weighted by Gasteiger charge is -2.06. The van der Waals surface area contributed by atoms with Gasteiger partial charge in [-0.2, -0.15) is 0 Å². The van der Waals surface area contributed by atoms with Crippen LogP contribution in [0.3, 0.4) is 0 Å². The first-order valence-electron chi connectivity index (χ1n) is 5.45. The largest absolute Gasteiger partial charge is 0.465 e. The van der Waals surface area contributed by atoms with E-state index in [1.54, 1.807) is 0 Å². The number of hydrogen-bond acceptors (Lipinski definition) is 3. The summed E-state index contributed by atoms with van der Waals surface area (Å²) < 4.78 is 31.1. The zero-order valence-electron chi connectivity index (χ0n) is 10.1.